The molecule has 25 heavy (non-hydrogen) atoms. The van der Waals surface area contributed by atoms with Crippen molar-refractivity contribution in [3.8, 4) is 11.6 Å². The van der Waals surface area contributed by atoms with E-state index in [0.717, 1.165) is 37.0 Å². The molecule has 0 aliphatic heterocycles. The van der Waals surface area contributed by atoms with Crippen LogP contribution in [0.5, 0.6) is 11.6 Å². The van der Waals surface area contributed by atoms with Gasteiger partial charge in [-0.3, -0.25) is 4.79 Å². The van der Waals surface area contributed by atoms with Crippen LogP contribution in [-0.4, -0.2) is 16.4 Å². The second-order valence-electron chi connectivity index (χ2n) is 5.97. The van der Waals surface area contributed by atoms with Crippen LogP contribution in [0.2, 0.25) is 0 Å². The number of nitrogens with one attached hydrogen (secondary N) is 1. The molecular formula is C18H23Cl2N3O2. The number of hydrogen-bond acceptors (Lipinski definition) is 4. The van der Waals surface area contributed by atoms with Crippen LogP contribution in [0.15, 0.2) is 48.7 Å². The van der Waals surface area contributed by atoms with Crippen LogP contribution >= 0.6 is 24.8 Å². The molecule has 1 saturated carbocycles. The summed E-state index contributed by atoms with van der Waals surface area (Å²) in [6.07, 6.45) is 5.28. The van der Waals surface area contributed by atoms with Crippen molar-refractivity contribution in [2.24, 2.45) is 5.73 Å². The summed E-state index contributed by atoms with van der Waals surface area (Å²) in [4.78, 5) is 16.4. The van der Waals surface area contributed by atoms with Gasteiger partial charge in [0.2, 0.25) is 11.8 Å². The Morgan fingerprint density at radius 2 is 1.80 bits per heavy atom. The van der Waals surface area contributed by atoms with Crippen molar-refractivity contribution in [1.82, 2.24) is 10.3 Å². The first-order valence-electron chi connectivity index (χ1n) is 7.91. The highest BCUT2D eigenvalue weighted by Gasteiger charge is 2.36. The quantitative estimate of drug-likeness (QED) is 0.826. The molecule has 0 saturated heterocycles. The molecule has 0 unspecified atom stereocenters. The first kappa shape index (κ1) is 21.2. The van der Waals surface area contributed by atoms with E-state index in [1.807, 2.05) is 36.4 Å². The molecule has 2 aromatic rings. The van der Waals surface area contributed by atoms with Crippen LogP contribution < -0.4 is 15.8 Å². The topological polar surface area (TPSA) is 77.2 Å². The molecule has 1 aromatic carbocycles. The second kappa shape index (κ2) is 9.61. The molecule has 1 fully saturated rings. The van der Waals surface area contributed by atoms with Gasteiger partial charge in [-0.05, 0) is 30.5 Å². The highest BCUT2D eigenvalue weighted by Crippen LogP contribution is 2.27. The highest BCUT2D eigenvalue weighted by molar-refractivity contribution is 5.86. The molecule has 1 heterocycles. The van der Waals surface area contributed by atoms with Crippen LogP contribution in [0.1, 0.15) is 31.2 Å². The molecule has 7 heteroatoms. The van der Waals surface area contributed by atoms with Gasteiger partial charge in [-0.25, -0.2) is 4.98 Å². The Bertz CT molecular complexity index is 660. The van der Waals surface area contributed by atoms with Crippen molar-refractivity contribution in [2.75, 3.05) is 0 Å². The lowest BCUT2D eigenvalue weighted by molar-refractivity contribution is -0.126. The van der Waals surface area contributed by atoms with Gasteiger partial charge < -0.3 is 15.8 Å². The minimum absolute atomic E-state index is 0. The number of carbonyl (C=O) groups excluding carboxylic acids is 1. The summed E-state index contributed by atoms with van der Waals surface area (Å²) >= 11 is 0. The minimum Gasteiger partial charge on any atom is -0.439 e. The second-order valence-corrected chi connectivity index (χ2v) is 5.97. The number of carbonyl (C=O) groups is 1. The number of pyridine rings is 1. The van der Waals surface area contributed by atoms with E-state index in [9.17, 15) is 4.79 Å². The van der Waals surface area contributed by atoms with E-state index < -0.39 is 5.54 Å². The van der Waals surface area contributed by atoms with Gasteiger partial charge in [-0.1, -0.05) is 37.1 Å². The number of halogens is 2. The zero-order chi connectivity index (χ0) is 16.1. The van der Waals surface area contributed by atoms with Crippen LogP contribution in [0, 0.1) is 0 Å². The molecule has 0 spiro atoms. The number of amides is 1. The van der Waals surface area contributed by atoms with Crippen molar-refractivity contribution in [1.29, 1.82) is 0 Å². The molecule has 1 aromatic heterocycles. The van der Waals surface area contributed by atoms with Gasteiger partial charge >= 0.3 is 0 Å². The number of benzene rings is 1. The largest absolute Gasteiger partial charge is 0.439 e. The first-order chi connectivity index (χ1) is 11.2. The molecule has 5 nitrogen and oxygen atoms in total. The predicted molar refractivity (Wildman–Crippen MR) is 102 cm³/mol. The van der Waals surface area contributed by atoms with Gasteiger partial charge in [0.25, 0.3) is 0 Å². The lowest BCUT2D eigenvalue weighted by atomic mass is 9.98. The van der Waals surface area contributed by atoms with Crippen LogP contribution in [-0.2, 0) is 11.3 Å². The maximum atomic E-state index is 12.2. The summed E-state index contributed by atoms with van der Waals surface area (Å²) in [7, 11) is 0. The molecular weight excluding hydrogens is 361 g/mol. The van der Waals surface area contributed by atoms with Gasteiger partial charge in [0.1, 0.15) is 5.75 Å². The summed E-state index contributed by atoms with van der Waals surface area (Å²) in [5.74, 6) is 1.20. The van der Waals surface area contributed by atoms with E-state index in [0.29, 0.717) is 12.4 Å². The van der Waals surface area contributed by atoms with Crippen molar-refractivity contribution in [3.05, 3.63) is 54.2 Å². The number of aromatic nitrogens is 1. The highest BCUT2D eigenvalue weighted by atomic mass is 35.5. The fourth-order valence-electron chi connectivity index (χ4n) is 2.78. The average Bonchev–Trinajstić information content (AvgIpc) is 3.03. The van der Waals surface area contributed by atoms with Crippen LogP contribution in [0.3, 0.4) is 0 Å². The molecule has 3 N–H and O–H groups in total. The normalized spacial score (nSPS) is 14.8. The van der Waals surface area contributed by atoms with Gasteiger partial charge in [-0.2, -0.15) is 0 Å². The lowest BCUT2D eigenvalue weighted by Crippen LogP contribution is -2.51. The Hall–Kier alpha value is -1.82. The number of hydrogen-bond donors (Lipinski definition) is 2. The molecule has 1 aliphatic carbocycles. The Morgan fingerprint density at radius 1 is 1.12 bits per heavy atom. The number of rotatable bonds is 5. The van der Waals surface area contributed by atoms with Crippen molar-refractivity contribution in [3.63, 3.8) is 0 Å². The fourth-order valence-corrected chi connectivity index (χ4v) is 2.78. The van der Waals surface area contributed by atoms with Crippen LogP contribution in [0.25, 0.3) is 0 Å². The number of nitrogens with two attached hydrogens (primary N) is 1. The van der Waals surface area contributed by atoms with Gasteiger partial charge in [0.05, 0.1) is 5.54 Å². The summed E-state index contributed by atoms with van der Waals surface area (Å²) in [6.45, 7) is 0.427. The van der Waals surface area contributed by atoms with Crippen molar-refractivity contribution in [2.45, 2.75) is 37.8 Å². The minimum atomic E-state index is -0.691. The SMILES string of the molecule is Cl.Cl.NC1(C(=O)NCc2ccc(Oc3ccccc3)nc2)CCCC1. The van der Waals surface area contributed by atoms with E-state index >= 15 is 0 Å². The maximum Gasteiger partial charge on any atom is 0.240 e. The Kier molecular flexibility index (Phi) is 8.16. The average molecular weight is 384 g/mol. The van der Waals surface area contributed by atoms with E-state index in [4.69, 9.17) is 10.5 Å². The molecule has 0 bridgehead atoms. The van der Waals surface area contributed by atoms with Crippen LogP contribution in [0.4, 0.5) is 0 Å². The first-order valence-corrected chi connectivity index (χ1v) is 7.91. The summed E-state index contributed by atoms with van der Waals surface area (Å²) in [5.41, 5.74) is 6.36. The smallest absolute Gasteiger partial charge is 0.240 e. The van der Waals surface area contributed by atoms with E-state index in [1.54, 1.807) is 12.3 Å². The van der Waals surface area contributed by atoms with Gasteiger partial charge in [-0.15, -0.1) is 24.8 Å². The standard InChI is InChI=1S/C18H21N3O2.2ClH/c19-18(10-4-5-11-18)17(22)21-13-14-8-9-16(20-12-14)23-15-6-2-1-3-7-15;;/h1-3,6-9,12H,4-5,10-11,13,19H2,(H,21,22);2*1H. The third-order valence-corrected chi connectivity index (χ3v) is 4.16. The third-order valence-electron chi connectivity index (χ3n) is 4.16. The summed E-state index contributed by atoms with van der Waals surface area (Å²) < 4.78 is 5.64. The monoisotopic (exact) mass is 383 g/mol. The summed E-state index contributed by atoms with van der Waals surface area (Å²) in [5, 5.41) is 2.91. The predicted octanol–water partition coefficient (Wildman–Crippen LogP) is 3.61. The summed E-state index contributed by atoms with van der Waals surface area (Å²) in [6, 6.07) is 13.2. The Labute approximate surface area is 160 Å². The fraction of sp³-hybridized carbons (Fsp3) is 0.333. The molecule has 0 atom stereocenters. The maximum absolute atomic E-state index is 12.2. The zero-order valence-corrected chi connectivity index (χ0v) is 15.4. The van der Waals surface area contributed by atoms with E-state index in [1.165, 1.54) is 0 Å². The number of ether oxygens (including phenoxy) is 1. The number of para-hydroxylation sites is 1. The molecule has 3 rings (SSSR count). The van der Waals surface area contributed by atoms with E-state index in [-0.39, 0.29) is 30.7 Å². The Morgan fingerprint density at radius 3 is 2.40 bits per heavy atom. The van der Waals surface area contributed by atoms with Gasteiger partial charge in [0, 0.05) is 18.8 Å². The molecule has 1 amide bonds. The molecule has 0 radical (unpaired) electrons. The molecule has 136 valence electrons. The van der Waals surface area contributed by atoms with E-state index in [2.05, 4.69) is 10.3 Å². The van der Waals surface area contributed by atoms with Gasteiger partial charge in [0.15, 0.2) is 0 Å². The molecule has 1 aliphatic rings. The third kappa shape index (κ3) is 5.59. The zero-order valence-electron chi connectivity index (χ0n) is 13.8. The van der Waals surface area contributed by atoms with Crippen molar-refractivity contribution < 1.29 is 9.53 Å². The number of nitrogens with zero attached hydrogens (tertiary/aromatic N) is 1. The van der Waals surface area contributed by atoms with Crippen molar-refractivity contribution >= 4 is 30.7 Å². The lowest BCUT2D eigenvalue weighted by Gasteiger charge is -2.22. The Balaban J connectivity index is 0.00000156.